The van der Waals surface area contributed by atoms with Crippen molar-refractivity contribution in [1.29, 1.82) is 0 Å². The number of nitrogens with zero attached hydrogens (tertiary/aromatic N) is 7. The van der Waals surface area contributed by atoms with Gasteiger partial charge in [-0.1, -0.05) is 125 Å². The van der Waals surface area contributed by atoms with Crippen LogP contribution >= 0.6 is 11.6 Å². The summed E-state index contributed by atoms with van der Waals surface area (Å²) >= 11 is 6.41. The van der Waals surface area contributed by atoms with E-state index in [1.54, 1.807) is 27.8 Å². The number of hydrogen-bond donors (Lipinski definition) is 4. The minimum absolute atomic E-state index is 0.0184. The van der Waals surface area contributed by atoms with Gasteiger partial charge in [-0.3, -0.25) is 52.7 Å². The van der Waals surface area contributed by atoms with E-state index in [0.717, 1.165) is 64.2 Å². The zero-order chi connectivity index (χ0) is 72.2. The first-order chi connectivity index (χ1) is 46.2. The molecule has 3 heterocycles. The van der Waals surface area contributed by atoms with Crippen LogP contribution < -0.4 is 21.3 Å². The number of rotatable bonds is 12. The van der Waals surface area contributed by atoms with Crippen LogP contribution in [0.5, 0.6) is 0 Å². The minimum Gasteiger partial charge on any atom is -0.351 e. The van der Waals surface area contributed by atoms with Crippen LogP contribution in [0.1, 0.15) is 222 Å². The predicted octanol–water partition coefficient (Wildman–Crippen LogP) is 7.71. The Morgan fingerprint density at radius 2 is 1.14 bits per heavy atom. The van der Waals surface area contributed by atoms with Gasteiger partial charge in [0.15, 0.2) is 0 Å². The fourth-order valence-electron chi connectivity index (χ4n) is 16.8. The van der Waals surface area contributed by atoms with Crippen molar-refractivity contribution in [2.24, 2.45) is 41.4 Å². The van der Waals surface area contributed by atoms with Crippen molar-refractivity contribution in [3.63, 3.8) is 0 Å². The van der Waals surface area contributed by atoms with E-state index >= 15 is 28.8 Å². The molecule has 0 radical (unpaired) electrons. The second-order valence-corrected chi connectivity index (χ2v) is 31.7. The van der Waals surface area contributed by atoms with Crippen LogP contribution in [0.3, 0.4) is 0 Å². The molecule has 7 fully saturated rings. The van der Waals surface area contributed by atoms with E-state index in [4.69, 9.17) is 11.6 Å². The zero-order valence-electron chi connectivity index (χ0n) is 60.7. The fraction of sp³-hybridized carbons (Fsp3) is 0.847. The van der Waals surface area contributed by atoms with Gasteiger partial charge >= 0.3 is 6.18 Å². The van der Waals surface area contributed by atoms with E-state index in [0.29, 0.717) is 32.1 Å². The molecule has 22 nitrogen and oxygen atoms in total. The normalized spacial score (nSPS) is 31.5. The van der Waals surface area contributed by atoms with Crippen LogP contribution in [0.4, 0.5) is 13.2 Å². The van der Waals surface area contributed by atoms with Gasteiger partial charge in [0, 0.05) is 66.2 Å². The first-order valence-electron chi connectivity index (χ1n) is 37.0. The molecule has 11 amide bonds. The molecule has 0 aromatic carbocycles. The Labute approximate surface area is 585 Å². The number of hydrogen-bond acceptors (Lipinski definition) is 11. The molecule has 13 atom stereocenters. The van der Waals surface area contributed by atoms with Gasteiger partial charge in [0.05, 0.1) is 12.5 Å². The molecule has 7 rings (SSSR count). The lowest BCUT2D eigenvalue weighted by atomic mass is 9.78. The maximum atomic E-state index is 15.4. The minimum atomic E-state index is -4.49. The maximum absolute atomic E-state index is 15.4. The van der Waals surface area contributed by atoms with Crippen LogP contribution in [-0.4, -0.2) is 226 Å². The molecule has 7 aliphatic rings. The number of carbonyl (C=O) groups excluding carboxylic acids is 11. The Kier molecular flexibility index (Phi) is 28.6. The second-order valence-electron chi connectivity index (χ2n) is 31.2. The summed E-state index contributed by atoms with van der Waals surface area (Å²) in [6.45, 7) is 12.5. The third kappa shape index (κ3) is 19.7. The summed E-state index contributed by atoms with van der Waals surface area (Å²) in [6, 6.07) is -9.58. The monoisotopic (exact) mass is 1400 g/mol. The van der Waals surface area contributed by atoms with Gasteiger partial charge in [-0.15, -0.1) is 11.6 Å². The van der Waals surface area contributed by atoms with E-state index in [1.807, 2.05) is 27.7 Å². The van der Waals surface area contributed by atoms with Crippen LogP contribution in [0.2, 0.25) is 0 Å². The Bertz CT molecular complexity index is 2810. The quantitative estimate of drug-likeness (QED) is 0.138. The van der Waals surface area contributed by atoms with E-state index in [-0.39, 0.29) is 114 Å². The van der Waals surface area contributed by atoms with Crippen molar-refractivity contribution in [2.45, 2.75) is 293 Å². The highest BCUT2D eigenvalue weighted by Gasteiger charge is 2.52. The van der Waals surface area contributed by atoms with E-state index < -0.39 is 161 Å². The lowest BCUT2D eigenvalue weighted by Crippen LogP contribution is -2.65. The topological polar surface area (TPSA) is 259 Å². The molecule has 98 heavy (non-hydrogen) atoms. The van der Waals surface area contributed by atoms with Crippen LogP contribution in [-0.2, 0) is 52.7 Å². The molecule has 0 aromatic heterocycles. The number of halogens is 4. The average Bonchev–Trinajstić information content (AvgIpc) is 0.812. The molecule has 0 aromatic rings. The van der Waals surface area contributed by atoms with E-state index in [1.165, 1.54) is 62.5 Å². The summed E-state index contributed by atoms with van der Waals surface area (Å²) in [5.41, 5.74) is -1.48. The zero-order valence-corrected chi connectivity index (χ0v) is 61.4. The van der Waals surface area contributed by atoms with Crippen LogP contribution in [0, 0.1) is 41.4 Å². The van der Waals surface area contributed by atoms with Crippen molar-refractivity contribution in [3.05, 3.63) is 0 Å². The standard InChI is InChI=1S/C72H117ClF3N11O11/c1-13-45(6)60-69(97)84(11)57(41-48-25-18-15-19-26-48)68(96)87-36-32-54(87)67(95)83(10)56(40-47-23-16-14-17-24-47)66(94)81(8)42-58(88)78-52(31-29-49-28-30-50(51(73)39-49)72(74,75)76)65(93)86-35-22-27-53(86)63(91)80-71(33-20-21-34-71)70(98)85(12)61(44(4)5)64(92)77-46(7)38-59(89)82(9)55(37-43(2)3)62(90)79-60/h43-57,60-61H,13-42H2,1-12H3,(H,77,92)(H,78,88)(H,79,90)(H,80,91)/t45-,46+,49?,50?,51?,52-,53-,54-,55-,56-,57-,60-,61-/m0/s1. The van der Waals surface area contributed by atoms with E-state index in [9.17, 15) is 37.1 Å². The summed E-state index contributed by atoms with van der Waals surface area (Å²) in [5.74, 6) is -8.96. The number of amides is 11. The highest BCUT2D eigenvalue weighted by molar-refractivity contribution is 6.20. The fourth-order valence-corrected chi connectivity index (χ4v) is 17.3. The molecule has 1 spiro atoms. The molecule has 3 saturated heterocycles. The summed E-state index contributed by atoms with van der Waals surface area (Å²) in [4.78, 5) is 174. The van der Waals surface area contributed by atoms with Crippen molar-refractivity contribution in [2.75, 3.05) is 54.9 Å². The molecule has 4 saturated carbocycles. The first-order valence-corrected chi connectivity index (χ1v) is 37.5. The maximum Gasteiger partial charge on any atom is 0.393 e. The third-order valence-electron chi connectivity index (χ3n) is 23.1. The van der Waals surface area contributed by atoms with Gasteiger partial charge in [-0.2, -0.15) is 13.2 Å². The summed E-state index contributed by atoms with van der Waals surface area (Å²) in [5, 5.41) is 10.7. The third-order valence-corrected chi connectivity index (χ3v) is 23.6. The van der Waals surface area contributed by atoms with Crippen molar-refractivity contribution in [1.82, 2.24) is 55.6 Å². The van der Waals surface area contributed by atoms with Gasteiger partial charge in [0.25, 0.3) is 0 Å². The Morgan fingerprint density at radius 3 is 1.68 bits per heavy atom. The van der Waals surface area contributed by atoms with Gasteiger partial charge in [-0.05, 0) is 126 Å². The molecule has 0 bridgehead atoms. The molecule has 4 N–H and O–H groups in total. The molecule has 3 unspecified atom stereocenters. The predicted molar refractivity (Wildman–Crippen MR) is 366 cm³/mol. The molecule has 26 heteroatoms. The summed E-state index contributed by atoms with van der Waals surface area (Å²) in [6.07, 6.45) is 8.26. The van der Waals surface area contributed by atoms with Crippen molar-refractivity contribution >= 4 is 76.6 Å². The van der Waals surface area contributed by atoms with Crippen molar-refractivity contribution < 1.29 is 65.9 Å². The van der Waals surface area contributed by atoms with Crippen LogP contribution in [0.15, 0.2) is 0 Å². The number of likely N-dealkylation sites (N-methyl/N-ethyl adjacent to an activating group) is 5. The molecular formula is C72H117ClF3N11O11. The SMILES string of the molecule is CC[C@H](C)[C@@H]1NC(=O)[C@H](CC(C)C)N(C)C(=O)C[C@@H](C)NC(=O)[C@H](C(C)C)N(C)C(=O)C2(CCCC2)NC(=O)[C@@H]2CCCN2C(=O)[C@H](CCC2CCC(C(F)(F)F)C(Cl)C2)NC(=O)CN(C)C(=O)[C@H](CC2CCCCC2)N(C)C(=O)[C@@H]2CCN2C(=O)[C@H](CC2CCCCC2)N(C)C1=O. The Morgan fingerprint density at radius 1 is 0.561 bits per heavy atom. The second kappa shape index (κ2) is 35.2. The molecule has 554 valence electrons. The highest BCUT2D eigenvalue weighted by Crippen LogP contribution is 2.44. The number of fused-ring (bicyclic) bond motifs is 2. The molecular weight excluding hydrogens is 1290 g/mol. The highest BCUT2D eigenvalue weighted by atomic mass is 35.5. The van der Waals surface area contributed by atoms with Gasteiger partial charge in [0.1, 0.15) is 53.9 Å². The Hall–Kier alpha value is -5.75. The average molecular weight is 1410 g/mol. The largest absolute Gasteiger partial charge is 0.393 e. The van der Waals surface area contributed by atoms with Gasteiger partial charge in [0.2, 0.25) is 65.0 Å². The number of carbonyl (C=O) groups is 11. The lowest BCUT2D eigenvalue weighted by Gasteiger charge is -2.46. The lowest BCUT2D eigenvalue weighted by molar-refractivity contribution is -0.182. The smallest absolute Gasteiger partial charge is 0.351 e. The number of alkyl halides is 4. The summed E-state index contributed by atoms with van der Waals surface area (Å²) < 4.78 is 42.0. The van der Waals surface area contributed by atoms with E-state index in [2.05, 4.69) is 21.3 Å². The van der Waals surface area contributed by atoms with Gasteiger partial charge in [-0.25, -0.2) is 0 Å². The summed E-state index contributed by atoms with van der Waals surface area (Å²) in [7, 11) is 7.56. The first kappa shape index (κ1) is 79.6. The number of nitrogens with one attached hydrogen (secondary N) is 4. The molecule has 3 aliphatic heterocycles. The van der Waals surface area contributed by atoms with Gasteiger partial charge < -0.3 is 55.6 Å². The van der Waals surface area contributed by atoms with Crippen molar-refractivity contribution in [3.8, 4) is 0 Å². The molecule has 4 aliphatic carbocycles. The Balaban J connectivity index is 1.25. The van der Waals surface area contributed by atoms with Crippen LogP contribution in [0.25, 0.3) is 0 Å².